The fourth-order valence-electron chi connectivity index (χ4n) is 2.29. The normalized spacial score (nSPS) is 15.8. The summed E-state index contributed by atoms with van der Waals surface area (Å²) in [6.07, 6.45) is 2.56. The maximum Gasteiger partial charge on any atom is 0.0663 e. The van der Waals surface area contributed by atoms with E-state index in [0.717, 1.165) is 10.7 Å². The van der Waals surface area contributed by atoms with Crippen molar-refractivity contribution in [2.75, 3.05) is 0 Å². The van der Waals surface area contributed by atoms with Crippen molar-refractivity contribution >= 4 is 11.6 Å². The Labute approximate surface area is 119 Å². The van der Waals surface area contributed by atoms with Crippen LogP contribution in [-0.4, -0.2) is 9.78 Å². The van der Waals surface area contributed by atoms with Crippen LogP contribution in [0.3, 0.4) is 0 Å². The molecule has 1 aromatic carbocycles. The van der Waals surface area contributed by atoms with Crippen LogP contribution in [0, 0.1) is 0 Å². The van der Waals surface area contributed by atoms with Crippen molar-refractivity contribution in [3.05, 3.63) is 46.7 Å². The van der Waals surface area contributed by atoms with Crippen molar-refractivity contribution in [1.29, 1.82) is 0 Å². The van der Waals surface area contributed by atoms with Crippen molar-refractivity contribution in [3.63, 3.8) is 0 Å². The smallest absolute Gasteiger partial charge is 0.0663 e. The lowest BCUT2D eigenvalue weighted by molar-refractivity contribution is 0.543. The van der Waals surface area contributed by atoms with Gasteiger partial charge >= 0.3 is 0 Å². The number of aromatic nitrogens is 2. The molecule has 0 amide bonds. The summed E-state index contributed by atoms with van der Waals surface area (Å²) >= 11 is 5.96. The molecule has 1 heterocycles. The first-order chi connectivity index (χ1) is 8.95. The molecular formula is C16H19ClN2. The zero-order valence-electron chi connectivity index (χ0n) is 11.7. The summed E-state index contributed by atoms with van der Waals surface area (Å²) in [5.74, 6) is 0.676. The van der Waals surface area contributed by atoms with Gasteiger partial charge in [-0.1, -0.05) is 32.4 Å². The third-order valence-corrected chi connectivity index (χ3v) is 3.82. The molecule has 0 aliphatic heterocycles. The molecule has 3 heteroatoms. The van der Waals surface area contributed by atoms with E-state index in [1.165, 1.54) is 24.2 Å². The molecule has 100 valence electrons. The van der Waals surface area contributed by atoms with Gasteiger partial charge in [-0.05, 0) is 43.2 Å². The van der Waals surface area contributed by atoms with Gasteiger partial charge in [0.15, 0.2) is 0 Å². The predicted octanol–water partition coefficient (Wildman–Crippen LogP) is 4.70. The SMILES string of the molecule is CC(C)(C)c1cc(C2CC2)nn1-c1ccc(Cl)cc1. The molecule has 0 spiro atoms. The quantitative estimate of drug-likeness (QED) is 0.776. The molecule has 1 aliphatic carbocycles. The molecule has 2 aromatic rings. The molecule has 19 heavy (non-hydrogen) atoms. The lowest BCUT2D eigenvalue weighted by Gasteiger charge is -2.20. The summed E-state index contributed by atoms with van der Waals surface area (Å²) in [5, 5.41) is 5.57. The van der Waals surface area contributed by atoms with Crippen LogP contribution in [0.1, 0.15) is 50.9 Å². The summed E-state index contributed by atoms with van der Waals surface area (Å²) in [6.45, 7) is 6.69. The van der Waals surface area contributed by atoms with E-state index < -0.39 is 0 Å². The molecule has 0 unspecified atom stereocenters. The van der Waals surface area contributed by atoms with E-state index in [1.54, 1.807) is 0 Å². The zero-order valence-corrected chi connectivity index (χ0v) is 12.4. The van der Waals surface area contributed by atoms with Crippen LogP contribution < -0.4 is 0 Å². The fraction of sp³-hybridized carbons (Fsp3) is 0.438. The molecule has 1 aliphatic rings. The molecule has 0 bridgehead atoms. The van der Waals surface area contributed by atoms with Crippen molar-refractivity contribution in [2.45, 2.75) is 44.9 Å². The van der Waals surface area contributed by atoms with Gasteiger partial charge in [-0.2, -0.15) is 5.10 Å². The number of benzene rings is 1. The van der Waals surface area contributed by atoms with Crippen LogP contribution in [0.4, 0.5) is 0 Å². The first kappa shape index (κ1) is 12.7. The fourth-order valence-corrected chi connectivity index (χ4v) is 2.42. The van der Waals surface area contributed by atoms with Gasteiger partial charge in [0.2, 0.25) is 0 Å². The Kier molecular flexibility index (Phi) is 2.94. The van der Waals surface area contributed by atoms with Gasteiger partial charge in [0.1, 0.15) is 0 Å². The number of nitrogens with zero attached hydrogens (tertiary/aromatic N) is 2. The van der Waals surface area contributed by atoms with Crippen molar-refractivity contribution in [1.82, 2.24) is 9.78 Å². The number of hydrogen-bond donors (Lipinski definition) is 0. The zero-order chi connectivity index (χ0) is 13.6. The summed E-state index contributed by atoms with van der Waals surface area (Å²) in [4.78, 5) is 0. The van der Waals surface area contributed by atoms with Gasteiger partial charge in [-0.3, -0.25) is 0 Å². The minimum atomic E-state index is 0.0831. The summed E-state index contributed by atoms with van der Waals surface area (Å²) in [7, 11) is 0. The second-order valence-corrected chi connectivity index (χ2v) is 6.80. The Hall–Kier alpha value is -1.28. The molecule has 3 rings (SSSR count). The van der Waals surface area contributed by atoms with Crippen LogP contribution in [-0.2, 0) is 5.41 Å². The van der Waals surface area contributed by atoms with Crippen LogP contribution in [0.2, 0.25) is 5.02 Å². The molecule has 1 aromatic heterocycles. The number of hydrogen-bond acceptors (Lipinski definition) is 1. The third-order valence-electron chi connectivity index (χ3n) is 3.56. The lowest BCUT2D eigenvalue weighted by Crippen LogP contribution is -2.17. The van der Waals surface area contributed by atoms with Gasteiger partial charge < -0.3 is 0 Å². The van der Waals surface area contributed by atoms with E-state index in [4.69, 9.17) is 16.7 Å². The predicted molar refractivity (Wildman–Crippen MR) is 79.2 cm³/mol. The molecule has 0 radical (unpaired) electrons. The average molecular weight is 275 g/mol. The number of halogens is 1. The Bertz CT molecular complexity index is 586. The van der Waals surface area contributed by atoms with Crippen LogP contribution in [0.15, 0.2) is 30.3 Å². The van der Waals surface area contributed by atoms with Crippen molar-refractivity contribution < 1.29 is 0 Å². The van der Waals surface area contributed by atoms with Crippen LogP contribution >= 0.6 is 11.6 Å². The summed E-state index contributed by atoms with van der Waals surface area (Å²) in [6, 6.07) is 10.2. The van der Waals surface area contributed by atoms with Gasteiger partial charge in [0, 0.05) is 22.0 Å². The van der Waals surface area contributed by atoms with Gasteiger partial charge in [-0.25, -0.2) is 4.68 Å². The topological polar surface area (TPSA) is 17.8 Å². The number of rotatable bonds is 2. The van der Waals surface area contributed by atoms with Gasteiger partial charge in [-0.15, -0.1) is 0 Å². The van der Waals surface area contributed by atoms with E-state index in [1.807, 2.05) is 24.3 Å². The first-order valence-corrected chi connectivity index (χ1v) is 7.19. The maximum atomic E-state index is 5.96. The van der Waals surface area contributed by atoms with E-state index in [2.05, 4.69) is 31.5 Å². The Balaban J connectivity index is 2.10. The maximum absolute atomic E-state index is 5.96. The monoisotopic (exact) mass is 274 g/mol. The Morgan fingerprint density at radius 2 is 1.79 bits per heavy atom. The highest BCUT2D eigenvalue weighted by molar-refractivity contribution is 6.30. The molecule has 0 saturated heterocycles. The van der Waals surface area contributed by atoms with E-state index in [9.17, 15) is 0 Å². The molecular weight excluding hydrogens is 256 g/mol. The molecule has 1 saturated carbocycles. The Morgan fingerprint density at radius 3 is 2.32 bits per heavy atom. The second kappa shape index (κ2) is 4.38. The minimum absolute atomic E-state index is 0.0831. The highest BCUT2D eigenvalue weighted by atomic mass is 35.5. The molecule has 0 atom stereocenters. The molecule has 2 nitrogen and oxygen atoms in total. The molecule has 1 fully saturated rings. The standard InChI is InChI=1S/C16H19ClN2/c1-16(2,3)15-10-14(11-4-5-11)18-19(15)13-8-6-12(17)7-9-13/h6-11H,4-5H2,1-3H3. The molecule has 0 N–H and O–H groups in total. The van der Waals surface area contributed by atoms with E-state index in [0.29, 0.717) is 5.92 Å². The first-order valence-electron chi connectivity index (χ1n) is 6.81. The Morgan fingerprint density at radius 1 is 1.16 bits per heavy atom. The van der Waals surface area contributed by atoms with Crippen LogP contribution in [0.5, 0.6) is 0 Å². The summed E-state index contributed by atoms with van der Waals surface area (Å²) < 4.78 is 2.07. The lowest BCUT2D eigenvalue weighted by atomic mass is 9.91. The third kappa shape index (κ3) is 2.55. The van der Waals surface area contributed by atoms with Crippen molar-refractivity contribution in [2.24, 2.45) is 0 Å². The largest absolute Gasteiger partial charge is 0.237 e. The van der Waals surface area contributed by atoms with Gasteiger partial charge in [0.05, 0.1) is 11.4 Å². The van der Waals surface area contributed by atoms with E-state index in [-0.39, 0.29) is 5.41 Å². The van der Waals surface area contributed by atoms with E-state index >= 15 is 0 Å². The second-order valence-electron chi connectivity index (χ2n) is 6.37. The highest BCUT2D eigenvalue weighted by Crippen LogP contribution is 2.41. The van der Waals surface area contributed by atoms with Crippen LogP contribution in [0.25, 0.3) is 5.69 Å². The minimum Gasteiger partial charge on any atom is -0.237 e. The van der Waals surface area contributed by atoms with Crippen molar-refractivity contribution in [3.8, 4) is 5.69 Å². The van der Waals surface area contributed by atoms with Gasteiger partial charge in [0.25, 0.3) is 0 Å². The average Bonchev–Trinajstić information content (AvgIpc) is 3.08. The highest BCUT2D eigenvalue weighted by Gasteiger charge is 2.30. The summed E-state index contributed by atoms with van der Waals surface area (Å²) in [5.41, 5.74) is 3.66.